The Labute approximate surface area is 94.4 Å². The van der Waals surface area contributed by atoms with Crippen molar-refractivity contribution in [3.63, 3.8) is 0 Å². The molecule has 0 spiro atoms. The molecule has 0 atom stereocenters. The number of nitrogens with one attached hydrogen (secondary N) is 1. The minimum Gasteiger partial charge on any atom is -0.356 e. The predicted molar refractivity (Wildman–Crippen MR) is 54.8 cm³/mol. The molecule has 17 heavy (non-hydrogen) atoms. The Kier molecular flexibility index (Phi) is 2.18. The standard InChI is InChI=1S/C12H9F4N/c13-8-7-5-3-1-2-4-6(5)17-12(7)11(16)10(15)9(8)14/h17H,1-4H2. The van der Waals surface area contributed by atoms with Gasteiger partial charge in [0.1, 0.15) is 0 Å². The summed E-state index contributed by atoms with van der Waals surface area (Å²) in [5.74, 6) is -6.12. The van der Waals surface area contributed by atoms with Crippen LogP contribution in [0.5, 0.6) is 0 Å². The van der Waals surface area contributed by atoms with Crippen molar-refractivity contribution < 1.29 is 17.6 Å². The van der Waals surface area contributed by atoms with Gasteiger partial charge in [-0.1, -0.05) is 0 Å². The lowest BCUT2D eigenvalue weighted by Gasteiger charge is -2.10. The van der Waals surface area contributed by atoms with Crippen LogP contribution in [0.4, 0.5) is 17.6 Å². The maximum Gasteiger partial charge on any atom is 0.199 e. The first-order chi connectivity index (χ1) is 8.11. The van der Waals surface area contributed by atoms with E-state index in [1.165, 1.54) is 0 Å². The highest BCUT2D eigenvalue weighted by molar-refractivity contribution is 5.86. The molecule has 90 valence electrons. The second-order valence-corrected chi connectivity index (χ2v) is 4.30. The number of hydrogen-bond donors (Lipinski definition) is 1. The minimum atomic E-state index is -1.76. The zero-order valence-electron chi connectivity index (χ0n) is 8.84. The van der Waals surface area contributed by atoms with Gasteiger partial charge in [-0.05, 0) is 31.2 Å². The lowest BCUT2D eigenvalue weighted by Crippen LogP contribution is -2.01. The van der Waals surface area contributed by atoms with Gasteiger partial charge in [0.2, 0.25) is 0 Å². The Hall–Kier alpha value is -1.52. The highest BCUT2D eigenvalue weighted by atomic mass is 19.2. The molecular weight excluding hydrogens is 234 g/mol. The third kappa shape index (κ3) is 1.31. The second-order valence-electron chi connectivity index (χ2n) is 4.30. The quantitative estimate of drug-likeness (QED) is 0.413. The number of aromatic amines is 1. The summed E-state index contributed by atoms with van der Waals surface area (Å²) in [6, 6.07) is 0. The Balaban J connectivity index is 2.46. The zero-order chi connectivity index (χ0) is 12.2. The molecule has 0 fully saturated rings. The van der Waals surface area contributed by atoms with E-state index in [-0.39, 0.29) is 10.9 Å². The molecule has 1 aromatic heterocycles. The van der Waals surface area contributed by atoms with E-state index in [9.17, 15) is 17.6 Å². The highest BCUT2D eigenvalue weighted by Gasteiger charge is 2.26. The van der Waals surface area contributed by atoms with Crippen LogP contribution in [-0.4, -0.2) is 4.98 Å². The second kappa shape index (κ2) is 3.48. The van der Waals surface area contributed by atoms with Crippen molar-refractivity contribution in [2.75, 3.05) is 0 Å². The molecule has 1 N–H and O–H groups in total. The first-order valence-corrected chi connectivity index (χ1v) is 5.46. The van der Waals surface area contributed by atoms with Gasteiger partial charge in [-0.3, -0.25) is 0 Å². The Morgan fingerprint density at radius 1 is 0.765 bits per heavy atom. The van der Waals surface area contributed by atoms with Crippen molar-refractivity contribution in [3.8, 4) is 0 Å². The fraction of sp³-hybridized carbons (Fsp3) is 0.333. The van der Waals surface area contributed by atoms with Crippen molar-refractivity contribution in [1.82, 2.24) is 4.98 Å². The molecule has 0 radical (unpaired) electrons. The fourth-order valence-corrected chi connectivity index (χ4v) is 2.50. The minimum absolute atomic E-state index is 0.129. The van der Waals surface area contributed by atoms with Gasteiger partial charge in [0.05, 0.1) is 5.52 Å². The molecule has 3 rings (SSSR count). The van der Waals surface area contributed by atoms with Gasteiger partial charge in [-0.2, -0.15) is 0 Å². The van der Waals surface area contributed by atoms with Gasteiger partial charge in [0.25, 0.3) is 0 Å². The van der Waals surface area contributed by atoms with Crippen molar-refractivity contribution in [1.29, 1.82) is 0 Å². The Morgan fingerprint density at radius 3 is 2.18 bits per heavy atom. The average Bonchev–Trinajstić information content (AvgIpc) is 2.73. The number of rotatable bonds is 0. The molecule has 0 aliphatic heterocycles. The van der Waals surface area contributed by atoms with Crippen LogP contribution in [0.25, 0.3) is 10.9 Å². The van der Waals surface area contributed by atoms with Crippen molar-refractivity contribution in [2.24, 2.45) is 0 Å². The van der Waals surface area contributed by atoms with Crippen LogP contribution in [0.3, 0.4) is 0 Å². The summed E-state index contributed by atoms with van der Waals surface area (Å²) in [4.78, 5) is 2.67. The molecule has 1 heterocycles. The van der Waals surface area contributed by atoms with Gasteiger partial charge in [0.15, 0.2) is 23.3 Å². The summed E-state index contributed by atoms with van der Waals surface area (Å²) in [6.07, 6.45) is 2.98. The van der Waals surface area contributed by atoms with Gasteiger partial charge < -0.3 is 4.98 Å². The summed E-state index contributed by atoms with van der Waals surface area (Å²) in [5, 5.41) is -0.129. The third-order valence-electron chi connectivity index (χ3n) is 3.31. The van der Waals surface area contributed by atoms with Gasteiger partial charge >= 0.3 is 0 Å². The number of H-pyrrole nitrogens is 1. The van der Waals surface area contributed by atoms with Crippen molar-refractivity contribution in [3.05, 3.63) is 34.5 Å². The predicted octanol–water partition coefficient (Wildman–Crippen LogP) is 3.60. The monoisotopic (exact) mass is 243 g/mol. The maximum absolute atomic E-state index is 13.7. The Morgan fingerprint density at radius 2 is 1.41 bits per heavy atom. The largest absolute Gasteiger partial charge is 0.356 e. The molecular formula is C12H9F4N. The molecule has 0 unspecified atom stereocenters. The number of fused-ring (bicyclic) bond motifs is 3. The summed E-state index contributed by atoms with van der Waals surface area (Å²) >= 11 is 0. The van der Waals surface area contributed by atoms with Crippen LogP contribution in [0, 0.1) is 23.3 Å². The molecule has 1 aromatic carbocycles. The fourth-order valence-electron chi connectivity index (χ4n) is 2.50. The molecule has 5 heteroatoms. The van der Waals surface area contributed by atoms with Crippen LogP contribution in [0.1, 0.15) is 24.1 Å². The van der Waals surface area contributed by atoms with Crippen LogP contribution in [0.2, 0.25) is 0 Å². The molecule has 0 saturated heterocycles. The third-order valence-corrected chi connectivity index (χ3v) is 3.31. The molecule has 0 amide bonds. The van der Waals surface area contributed by atoms with E-state index in [1.807, 2.05) is 0 Å². The van der Waals surface area contributed by atoms with Crippen LogP contribution >= 0.6 is 0 Å². The topological polar surface area (TPSA) is 15.8 Å². The Bertz CT molecular complexity index is 615. The van der Waals surface area contributed by atoms with E-state index in [0.29, 0.717) is 24.1 Å². The van der Waals surface area contributed by atoms with E-state index >= 15 is 0 Å². The number of aromatic nitrogens is 1. The van der Waals surface area contributed by atoms with Crippen molar-refractivity contribution >= 4 is 10.9 Å². The van der Waals surface area contributed by atoms with Crippen LogP contribution in [0.15, 0.2) is 0 Å². The van der Waals surface area contributed by atoms with Crippen molar-refractivity contribution in [2.45, 2.75) is 25.7 Å². The van der Waals surface area contributed by atoms with Gasteiger partial charge in [-0.25, -0.2) is 17.6 Å². The van der Waals surface area contributed by atoms with E-state index < -0.39 is 23.3 Å². The van der Waals surface area contributed by atoms with E-state index in [4.69, 9.17) is 0 Å². The smallest absolute Gasteiger partial charge is 0.199 e. The summed E-state index contributed by atoms with van der Waals surface area (Å²) in [7, 11) is 0. The van der Waals surface area contributed by atoms with E-state index in [2.05, 4.69) is 4.98 Å². The number of hydrogen-bond acceptors (Lipinski definition) is 0. The molecule has 0 saturated carbocycles. The van der Waals surface area contributed by atoms with Gasteiger partial charge in [0, 0.05) is 11.1 Å². The first kappa shape index (κ1) is 10.6. The zero-order valence-corrected chi connectivity index (χ0v) is 8.84. The molecule has 2 aromatic rings. The number of aryl methyl sites for hydroxylation is 2. The van der Waals surface area contributed by atoms with Crippen LogP contribution < -0.4 is 0 Å². The lowest BCUT2D eigenvalue weighted by atomic mass is 9.95. The summed E-state index contributed by atoms with van der Waals surface area (Å²) in [6.45, 7) is 0. The molecule has 0 bridgehead atoms. The number of halogens is 4. The normalized spacial score (nSPS) is 15.3. The summed E-state index contributed by atoms with van der Waals surface area (Å²) < 4.78 is 53.4. The highest BCUT2D eigenvalue weighted by Crippen LogP contribution is 2.34. The number of benzene rings is 1. The van der Waals surface area contributed by atoms with Crippen LogP contribution in [-0.2, 0) is 12.8 Å². The molecule has 1 aliphatic rings. The van der Waals surface area contributed by atoms with Gasteiger partial charge in [-0.15, -0.1) is 0 Å². The van der Waals surface area contributed by atoms with E-state index in [1.54, 1.807) is 0 Å². The average molecular weight is 243 g/mol. The maximum atomic E-state index is 13.7. The SMILES string of the molecule is Fc1c(F)c(F)c2c3c([nH]c2c1F)CCCC3. The van der Waals surface area contributed by atoms with E-state index in [0.717, 1.165) is 12.8 Å². The first-order valence-electron chi connectivity index (χ1n) is 5.46. The molecule has 1 nitrogen and oxygen atoms in total. The summed E-state index contributed by atoms with van der Waals surface area (Å²) in [5.41, 5.74) is 1.02. The lowest BCUT2D eigenvalue weighted by molar-refractivity contribution is 0.417. The molecule has 1 aliphatic carbocycles.